The monoisotopic (exact) mass is 521 g/mol. The summed E-state index contributed by atoms with van der Waals surface area (Å²) in [6, 6.07) is 9.82. The Balaban J connectivity index is 1.55. The van der Waals surface area contributed by atoms with Crippen molar-refractivity contribution in [3.05, 3.63) is 69.5 Å². The Hall–Kier alpha value is -3.41. The van der Waals surface area contributed by atoms with Gasteiger partial charge < -0.3 is 9.30 Å². The van der Waals surface area contributed by atoms with Crippen molar-refractivity contribution in [3.8, 4) is 29.2 Å². The molecule has 0 bridgehead atoms. The van der Waals surface area contributed by atoms with E-state index < -0.39 is 5.41 Å². The fourth-order valence-electron chi connectivity index (χ4n) is 4.58. The lowest BCUT2D eigenvalue weighted by Gasteiger charge is -2.26. The molecule has 1 atom stereocenters. The van der Waals surface area contributed by atoms with Crippen LogP contribution in [0.5, 0.6) is 5.88 Å². The summed E-state index contributed by atoms with van der Waals surface area (Å²) in [5.74, 6) is 1.72. The number of methoxy groups -OCH3 is 1. The highest BCUT2D eigenvalue weighted by Crippen LogP contribution is 2.41. The molecule has 10 heteroatoms. The van der Waals surface area contributed by atoms with E-state index in [-0.39, 0.29) is 5.92 Å². The third-order valence-corrected chi connectivity index (χ3v) is 7.18. The maximum Gasteiger partial charge on any atom is 0.238 e. The number of hydrogen-bond donors (Lipinski definition) is 0. The predicted molar refractivity (Wildman–Crippen MR) is 138 cm³/mol. The zero-order valence-electron chi connectivity index (χ0n) is 20.5. The molecule has 0 radical (unpaired) electrons. The quantitative estimate of drug-likeness (QED) is 0.325. The molecule has 1 aromatic carbocycles. The molecule has 0 saturated carbocycles. The Morgan fingerprint density at radius 1 is 1.17 bits per heavy atom. The second-order valence-electron chi connectivity index (χ2n) is 9.45. The van der Waals surface area contributed by atoms with Crippen molar-refractivity contribution in [2.24, 2.45) is 0 Å². The summed E-state index contributed by atoms with van der Waals surface area (Å²) in [6.07, 6.45) is 5.42. The van der Waals surface area contributed by atoms with Gasteiger partial charge in [-0.25, -0.2) is 19.6 Å². The number of ether oxygens (including phenoxy) is 1. The van der Waals surface area contributed by atoms with Crippen molar-refractivity contribution in [2.75, 3.05) is 7.11 Å². The molecule has 0 saturated heterocycles. The van der Waals surface area contributed by atoms with Crippen molar-refractivity contribution in [2.45, 2.75) is 51.5 Å². The van der Waals surface area contributed by atoms with Gasteiger partial charge in [0.1, 0.15) is 17.2 Å². The highest BCUT2D eigenvalue weighted by atomic mass is 35.5. The van der Waals surface area contributed by atoms with Gasteiger partial charge in [0.25, 0.3) is 0 Å². The molecular weight excluding hydrogens is 497 g/mol. The Labute approximate surface area is 219 Å². The summed E-state index contributed by atoms with van der Waals surface area (Å²) in [5.41, 5.74) is 3.19. The number of aryl methyl sites for hydroxylation is 2. The fourth-order valence-corrected chi connectivity index (χ4v) is 5.33. The van der Waals surface area contributed by atoms with Crippen LogP contribution in [-0.4, -0.2) is 36.4 Å². The van der Waals surface area contributed by atoms with Crippen molar-refractivity contribution >= 4 is 23.2 Å². The van der Waals surface area contributed by atoms with Crippen molar-refractivity contribution in [3.63, 3.8) is 0 Å². The summed E-state index contributed by atoms with van der Waals surface area (Å²) in [7, 11) is 1.59. The molecule has 0 spiro atoms. The first-order valence-corrected chi connectivity index (χ1v) is 12.4. The van der Waals surface area contributed by atoms with Crippen molar-refractivity contribution in [1.82, 2.24) is 29.3 Å². The second-order valence-corrected chi connectivity index (χ2v) is 10.3. The minimum atomic E-state index is -0.750. The molecule has 0 N–H and O–H groups in total. The third-order valence-electron chi connectivity index (χ3n) is 6.54. The molecule has 0 fully saturated rings. The minimum Gasteiger partial charge on any atom is -0.479 e. The molecule has 1 aliphatic rings. The number of aromatic nitrogens is 6. The topological polar surface area (TPSA) is 94.4 Å². The molecule has 4 aromatic rings. The standard InChI is InChI=1S/C26H25Cl2N7O/c1-15-12-34(14-30-15)22-8-7-21(31-25(22)36-4)23-32-24-16(6-5-9-35(24)33-23)17-10-18(26(2,3)13-29)20(28)11-19(17)27/h7-8,10-12,14,16H,5-6,9H2,1-4H3/t16-/m1/s1. The number of halogens is 2. The van der Waals surface area contributed by atoms with Gasteiger partial charge in [-0.3, -0.25) is 0 Å². The van der Waals surface area contributed by atoms with Crippen molar-refractivity contribution < 1.29 is 4.74 Å². The summed E-state index contributed by atoms with van der Waals surface area (Å²) >= 11 is 13.2. The predicted octanol–water partition coefficient (Wildman–Crippen LogP) is 5.88. The number of pyridine rings is 1. The Morgan fingerprint density at radius 3 is 2.67 bits per heavy atom. The van der Waals surface area contributed by atoms with E-state index in [1.165, 1.54) is 0 Å². The van der Waals surface area contributed by atoms with Gasteiger partial charge in [-0.05, 0) is 62.9 Å². The molecule has 5 rings (SSSR count). The van der Waals surface area contributed by atoms with Crippen LogP contribution in [0.3, 0.4) is 0 Å². The molecule has 8 nitrogen and oxygen atoms in total. The average molecular weight is 522 g/mol. The van der Waals surface area contributed by atoms with Gasteiger partial charge in [0, 0.05) is 28.7 Å². The summed E-state index contributed by atoms with van der Waals surface area (Å²) in [4.78, 5) is 13.9. The largest absolute Gasteiger partial charge is 0.479 e. The lowest BCUT2D eigenvalue weighted by Crippen LogP contribution is -2.20. The van der Waals surface area contributed by atoms with E-state index in [2.05, 4.69) is 16.0 Å². The summed E-state index contributed by atoms with van der Waals surface area (Å²) in [5, 5.41) is 15.5. The van der Waals surface area contributed by atoms with E-state index in [1.54, 1.807) is 19.5 Å². The van der Waals surface area contributed by atoms with Crippen LogP contribution in [0.15, 0.2) is 36.8 Å². The van der Waals surface area contributed by atoms with Gasteiger partial charge in [0.15, 0.2) is 5.82 Å². The normalized spacial score (nSPS) is 15.4. The first kappa shape index (κ1) is 24.3. The van der Waals surface area contributed by atoms with Crippen LogP contribution in [-0.2, 0) is 12.0 Å². The number of nitriles is 1. The van der Waals surface area contributed by atoms with Crippen LogP contribution in [0.2, 0.25) is 10.0 Å². The van der Waals surface area contributed by atoms with Gasteiger partial charge in [-0.15, -0.1) is 5.10 Å². The van der Waals surface area contributed by atoms with Crippen LogP contribution in [0.25, 0.3) is 17.2 Å². The molecular formula is C26H25Cl2N7O. The second kappa shape index (κ2) is 9.23. The number of hydrogen-bond acceptors (Lipinski definition) is 6. The maximum absolute atomic E-state index is 9.68. The van der Waals surface area contributed by atoms with E-state index in [0.717, 1.165) is 47.7 Å². The lowest BCUT2D eigenvalue weighted by atomic mass is 9.82. The first-order chi connectivity index (χ1) is 17.2. The number of imidazole rings is 1. The van der Waals surface area contributed by atoms with Gasteiger partial charge >= 0.3 is 0 Å². The number of rotatable bonds is 5. The number of nitrogens with zero attached hydrogens (tertiary/aromatic N) is 7. The van der Waals surface area contributed by atoms with Gasteiger partial charge in [0.05, 0.1) is 30.6 Å². The first-order valence-electron chi connectivity index (χ1n) is 11.6. The highest BCUT2D eigenvalue weighted by Gasteiger charge is 2.31. The minimum absolute atomic E-state index is 0.0758. The summed E-state index contributed by atoms with van der Waals surface area (Å²) < 4.78 is 9.36. The maximum atomic E-state index is 9.68. The van der Waals surface area contributed by atoms with Crippen LogP contribution in [0.4, 0.5) is 0 Å². The SMILES string of the molecule is COc1nc(-c2nc3n(n2)CCC[C@@H]3c2cc(C(C)(C)C#N)c(Cl)cc2Cl)ccc1-n1cnc(C)c1. The van der Waals surface area contributed by atoms with E-state index in [9.17, 15) is 5.26 Å². The molecule has 1 aliphatic heterocycles. The van der Waals surface area contributed by atoms with Gasteiger partial charge in [0.2, 0.25) is 5.88 Å². The zero-order chi connectivity index (χ0) is 25.6. The highest BCUT2D eigenvalue weighted by molar-refractivity contribution is 6.35. The molecule has 0 unspecified atom stereocenters. The average Bonchev–Trinajstić information content (AvgIpc) is 3.50. The van der Waals surface area contributed by atoms with E-state index in [0.29, 0.717) is 27.4 Å². The van der Waals surface area contributed by atoms with Gasteiger partial charge in [-0.2, -0.15) is 5.26 Å². The van der Waals surface area contributed by atoms with Crippen LogP contribution >= 0.6 is 23.2 Å². The fraction of sp³-hybridized carbons (Fsp3) is 0.346. The molecule has 184 valence electrons. The molecule has 0 amide bonds. The zero-order valence-corrected chi connectivity index (χ0v) is 22.0. The smallest absolute Gasteiger partial charge is 0.238 e. The molecule has 3 aromatic heterocycles. The van der Waals surface area contributed by atoms with Crippen molar-refractivity contribution in [1.29, 1.82) is 5.26 Å². The van der Waals surface area contributed by atoms with E-state index in [1.807, 2.05) is 54.4 Å². The lowest BCUT2D eigenvalue weighted by molar-refractivity contribution is 0.396. The molecule has 36 heavy (non-hydrogen) atoms. The van der Waals surface area contributed by atoms with Crippen LogP contribution in [0, 0.1) is 18.3 Å². The van der Waals surface area contributed by atoms with Crippen LogP contribution in [0.1, 0.15) is 55.3 Å². The Morgan fingerprint density at radius 2 is 1.97 bits per heavy atom. The Bertz CT molecular complexity index is 1500. The van der Waals surface area contributed by atoms with E-state index in [4.69, 9.17) is 38.0 Å². The number of benzene rings is 1. The van der Waals surface area contributed by atoms with Gasteiger partial charge in [-0.1, -0.05) is 29.3 Å². The number of fused-ring (bicyclic) bond motifs is 1. The molecule has 0 aliphatic carbocycles. The Kier molecular flexibility index (Phi) is 6.23. The van der Waals surface area contributed by atoms with E-state index >= 15 is 0 Å². The summed E-state index contributed by atoms with van der Waals surface area (Å²) in [6.45, 7) is 6.38. The van der Waals surface area contributed by atoms with Crippen LogP contribution < -0.4 is 4.74 Å². The third kappa shape index (κ3) is 4.23. The molecule has 4 heterocycles.